The van der Waals surface area contributed by atoms with Gasteiger partial charge in [0.05, 0.1) is 0 Å². The largest absolute Gasteiger partial charge is 0.478 e. The molecule has 0 radical (unpaired) electrons. The van der Waals surface area contributed by atoms with E-state index in [2.05, 4.69) is 10.6 Å². The molecule has 2 aromatic carbocycles. The fraction of sp³-hybridized carbons (Fsp3) is 0.263. The number of nitrogens with one attached hydrogen (secondary N) is 2. The van der Waals surface area contributed by atoms with E-state index >= 15 is 0 Å². The van der Waals surface area contributed by atoms with E-state index in [9.17, 15) is 9.59 Å². The van der Waals surface area contributed by atoms with Gasteiger partial charge in [-0.15, -0.1) is 0 Å². The Morgan fingerprint density at radius 1 is 1.04 bits per heavy atom. The van der Waals surface area contributed by atoms with Crippen molar-refractivity contribution in [2.24, 2.45) is 0 Å². The molecule has 0 unspecified atom stereocenters. The van der Waals surface area contributed by atoms with Crippen LogP contribution < -0.4 is 15.4 Å². The van der Waals surface area contributed by atoms with Crippen molar-refractivity contribution in [2.45, 2.75) is 32.9 Å². The van der Waals surface area contributed by atoms with Crippen LogP contribution in [-0.2, 0) is 16.1 Å². The minimum atomic E-state index is -1.02. The zero-order valence-corrected chi connectivity index (χ0v) is 15.2. The molecule has 0 fully saturated rings. The first kappa shape index (κ1) is 18.8. The average Bonchev–Trinajstić information content (AvgIpc) is 2.55. The first-order valence-corrected chi connectivity index (χ1v) is 8.23. The Morgan fingerprint density at radius 2 is 1.64 bits per heavy atom. The third-order valence-electron chi connectivity index (χ3n) is 3.46. The Kier molecular flexibility index (Phi) is 6.04. The number of carbonyl (C=O) groups is 2. The van der Waals surface area contributed by atoms with Gasteiger partial charge in [-0.05, 0) is 55.8 Å². The number of benzene rings is 2. The number of carbonyl (C=O) groups excluding carboxylic acids is 2. The number of halogens is 1. The summed E-state index contributed by atoms with van der Waals surface area (Å²) in [7, 11) is 0. The first-order valence-electron chi connectivity index (χ1n) is 7.86. The Hall–Kier alpha value is -2.53. The van der Waals surface area contributed by atoms with Gasteiger partial charge in [0.1, 0.15) is 5.75 Å². The lowest BCUT2D eigenvalue weighted by Crippen LogP contribution is -2.46. The van der Waals surface area contributed by atoms with Crippen molar-refractivity contribution in [3.63, 3.8) is 0 Å². The van der Waals surface area contributed by atoms with Crippen molar-refractivity contribution in [1.29, 1.82) is 0 Å². The second-order valence-corrected chi connectivity index (χ2v) is 6.56. The zero-order chi connectivity index (χ0) is 18.4. The van der Waals surface area contributed by atoms with E-state index < -0.39 is 5.60 Å². The number of hydrogen-bond acceptors (Lipinski definition) is 3. The topological polar surface area (TPSA) is 67.4 Å². The molecule has 0 spiro atoms. The SMILES string of the molecule is CC(=O)Nc1ccc(CNC(=O)C(C)(C)Oc2ccc(Cl)cc2)cc1. The maximum Gasteiger partial charge on any atom is 0.263 e. The van der Waals surface area contributed by atoms with Crippen molar-refractivity contribution < 1.29 is 14.3 Å². The lowest BCUT2D eigenvalue weighted by atomic mass is 10.1. The third-order valence-corrected chi connectivity index (χ3v) is 3.71. The number of anilines is 1. The van der Waals surface area contributed by atoms with Crippen molar-refractivity contribution >= 4 is 29.1 Å². The maximum absolute atomic E-state index is 12.4. The summed E-state index contributed by atoms with van der Waals surface area (Å²) >= 11 is 5.84. The maximum atomic E-state index is 12.4. The van der Waals surface area contributed by atoms with Crippen LogP contribution in [0.5, 0.6) is 5.75 Å². The molecule has 0 heterocycles. The van der Waals surface area contributed by atoms with E-state index in [1.807, 2.05) is 12.1 Å². The average molecular weight is 361 g/mol. The summed E-state index contributed by atoms with van der Waals surface area (Å²) in [4.78, 5) is 23.4. The van der Waals surface area contributed by atoms with Gasteiger partial charge >= 0.3 is 0 Å². The molecular formula is C19H21ClN2O3. The Morgan fingerprint density at radius 3 is 2.20 bits per heavy atom. The lowest BCUT2D eigenvalue weighted by Gasteiger charge is -2.25. The molecular weight excluding hydrogens is 340 g/mol. The highest BCUT2D eigenvalue weighted by Gasteiger charge is 2.29. The van der Waals surface area contributed by atoms with Gasteiger partial charge in [-0.3, -0.25) is 9.59 Å². The summed E-state index contributed by atoms with van der Waals surface area (Å²) in [6, 6.07) is 14.1. The standard InChI is InChI=1S/C19H21ClN2O3/c1-13(23)22-16-8-4-14(5-9-16)12-21-18(24)19(2,3)25-17-10-6-15(20)7-11-17/h4-11H,12H2,1-3H3,(H,21,24)(H,22,23). The molecule has 2 aromatic rings. The molecule has 0 aromatic heterocycles. The number of ether oxygens (including phenoxy) is 1. The van der Waals surface area contributed by atoms with Gasteiger partial charge in [0.25, 0.3) is 5.91 Å². The quantitative estimate of drug-likeness (QED) is 0.823. The van der Waals surface area contributed by atoms with Crippen LogP contribution in [0, 0.1) is 0 Å². The molecule has 6 heteroatoms. The molecule has 0 aliphatic rings. The second-order valence-electron chi connectivity index (χ2n) is 6.13. The second kappa shape index (κ2) is 8.03. The molecule has 25 heavy (non-hydrogen) atoms. The number of rotatable bonds is 6. The highest BCUT2D eigenvalue weighted by atomic mass is 35.5. The van der Waals surface area contributed by atoms with E-state index in [1.54, 1.807) is 50.2 Å². The zero-order valence-electron chi connectivity index (χ0n) is 14.4. The van der Waals surface area contributed by atoms with Crippen LogP contribution in [0.2, 0.25) is 5.02 Å². The van der Waals surface area contributed by atoms with E-state index in [1.165, 1.54) is 6.92 Å². The van der Waals surface area contributed by atoms with Gasteiger partial charge in [-0.25, -0.2) is 0 Å². The Balaban J connectivity index is 1.91. The Labute approximate surface area is 152 Å². The minimum Gasteiger partial charge on any atom is -0.478 e. The number of amides is 2. The van der Waals surface area contributed by atoms with E-state index in [0.717, 1.165) is 5.56 Å². The van der Waals surface area contributed by atoms with Crippen molar-refractivity contribution in [2.75, 3.05) is 5.32 Å². The van der Waals surface area contributed by atoms with Gasteiger partial charge < -0.3 is 15.4 Å². The monoisotopic (exact) mass is 360 g/mol. The van der Waals surface area contributed by atoms with E-state index in [-0.39, 0.29) is 11.8 Å². The van der Waals surface area contributed by atoms with Crippen molar-refractivity contribution in [3.8, 4) is 5.75 Å². The molecule has 2 rings (SSSR count). The molecule has 2 amide bonds. The van der Waals surface area contributed by atoms with Gasteiger partial charge in [0.2, 0.25) is 5.91 Å². The highest BCUT2D eigenvalue weighted by molar-refractivity contribution is 6.30. The van der Waals surface area contributed by atoms with Gasteiger partial charge in [0.15, 0.2) is 5.60 Å². The summed E-state index contributed by atoms with van der Waals surface area (Å²) in [5.41, 5.74) is 0.614. The lowest BCUT2D eigenvalue weighted by molar-refractivity contribution is -0.134. The Bertz CT molecular complexity index is 740. The van der Waals surface area contributed by atoms with Crippen LogP contribution in [0.15, 0.2) is 48.5 Å². The first-order chi connectivity index (χ1) is 11.8. The van der Waals surface area contributed by atoms with Gasteiger partial charge in [-0.1, -0.05) is 23.7 Å². The summed E-state index contributed by atoms with van der Waals surface area (Å²) in [6.07, 6.45) is 0. The predicted molar refractivity (Wildman–Crippen MR) is 98.8 cm³/mol. The minimum absolute atomic E-state index is 0.123. The van der Waals surface area contributed by atoms with Gasteiger partial charge in [0, 0.05) is 24.2 Å². The van der Waals surface area contributed by atoms with E-state index in [0.29, 0.717) is 23.0 Å². The van der Waals surface area contributed by atoms with Crippen LogP contribution in [0.3, 0.4) is 0 Å². The summed E-state index contributed by atoms with van der Waals surface area (Å²) in [5, 5.41) is 6.16. The summed E-state index contributed by atoms with van der Waals surface area (Å²) in [5.74, 6) is 0.222. The normalized spacial score (nSPS) is 10.9. The molecule has 2 N–H and O–H groups in total. The predicted octanol–water partition coefficient (Wildman–Crippen LogP) is 3.77. The molecule has 0 aliphatic heterocycles. The highest BCUT2D eigenvalue weighted by Crippen LogP contribution is 2.21. The van der Waals surface area contributed by atoms with Gasteiger partial charge in [-0.2, -0.15) is 0 Å². The van der Waals surface area contributed by atoms with Crippen LogP contribution in [0.25, 0.3) is 0 Å². The van der Waals surface area contributed by atoms with Crippen LogP contribution >= 0.6 is 11.6 Å². The fourth-order valence-corrected chi connectivity index (χ4v) is 2.27. The molecule has 0 atom stereocenters. The van der Waals surface area contributed by atoms with Crippen molar-refractivity contribution in [3.05, 3.63) is 59.1 Å². The van der Waals surface area contributed by atoms with Crippen LogP contribution in [0.4, 0.5) is 5.69 Å². The number of hydrogen-bond donors (Lipinski definition) is 2. The smallest absolute Gasteiger partial charge is 0.263 e. The summed E-state index contributed by atoms with van der Waals surface area (Å²) in [6.45, 7) is 5.23. The summed E-state index contributed by atoms with van der Waals surface area (Å²) < 4.78 is 5.75. The van der Waals surface area contributed by atoms with Crippen molar-refractivity contribution in [1.82, 2.24) is 5.32 Å². The third kappa shape index (κ3) is 5.80. The van der Waals surface area contributed by atoms with Crippen LogP contribution in [-0.4, -0.2) is 17.4 Å². The molecule has 0 saturated heterocycles. The molecule has 0 bridgehead atoms. The fourth-order valence-electron chi connectivity index (χ4n) is 2.15. The molecule has 0 aliphatic carbocycles. The van der Waals surface area contributed by atoms with E-state index in [4.69, 9.17) is 16.3 Å². The van der Waals surface area contributed by atoms with Crippen LogP contribution in [0.1, 0.15) is 26.3 Å². The molecule has 5 nitrogen and oxygen atoms in total. The molecule has 132 valence electrons. The molecule has 0 saturated carbocycles.